The van der Waals surface area contributed by atoms with Gasteiger partial charge in [0.15, 0.2) is 0 Å². The minimum Gasteiger partial charge on any atom is -0.456 e. The molecule has 4 aromatic rings. The molecule has 3 aromatic carbocycles. The highest BCUT2D eigenvalue weighted by molar-refractivity contribution is 6.09. The van der Waals surface area contributed by atoms with Crippen molar-refractivity contribution in [2.45, 2.75) is 18.3 Å². The molecule has 1 aromatic heterocycles. The molecule has 3 heteroatoms. The monoisotopic (exact) mass is 338 g/mol. The summed E-state index contributed by atoms with van der Waals surface area (Å²) in [6, 6.07) is 19.8. The van der Waals surface area contributed by atoms with Crippen LogP contribution < -0.4 is 9.80 Å². The molecule has 1 aliphatic carbocycles. The fourth-order valence-electron chi connectivity index (χ4n) is 5.31. The van der Waals surface area contributed by atoms with Crippen LogP contribution in [0.4, 0.5) is 17.1 Å². The molecule has 0 amide bonds. The van der Waals surface area contributed by atoms with Crippen LogP contribution in [0.25, 0.3) is 21.9 Å². The van der Waals surface area contributed by atoms with Crippen molar-refractivity contribution in [2.75, 3.05) is 23.5 Å². The Hall–Kier alpha value is -2.94. The molecule has 3 aliphatic rings. The van der Waals surface area contributed by atoms with Gasteiger partial charge in [0.2, 0.25) is 0 Å². The highest BCUT2D eigenvalue weighted by Gasteiger charge is 2.55. The van der Waals surface area contributed by atoms with Gasteiger partial charge < -0.3 is 14.2 Å². The van der Waals surface area contributed by atoms with E-state index in [1.54, 1.807) is 0 Å². The summed E-state index contributed by atoms with van der Waals surface area (Å²) in [7, 11) is 2.19. The third kappa shape index (κ3) is 1.32. The zero-order valence-electron chi connectivity index (χ0n) is 14.6. The molecule has 26 heavy (non-hydrogen) atoms. The summed E-state index contributed by atoms with van der Waals surface area (Å²) in [6.07, 6.45) is 2.42. The SMILES string of the molecule is CN1CN2c3ccc4c(oc5ccccc54)c3C3(CC3)c3cccc1c32. The molecule has 2 aliphatic heterocycles. The van der Waals surface area contributed by atoms with Crippen molar-refractivity contribution < 1.29 is 4.42 Å². The van der Waals surface area contributed by atoms with E-state index in [0.717, 1.165) is 17.8 Å². The molecule has 0 bridgehead atoms. The van der Waals surface area contributed by atoms with E-state index < -0.39 is 0 Å². The van der Waals surface area contributed by atoms with E-state index in [9.17, 15) is 0 Å². The average molecular weight is 338 g/mol. The van der Waals surface area contributed by atoms with Crippen LogP contribution in [0.1, 0.15) is 24.0 Å². The highest BCUT2D eigenvalue weighted by atomic mass is 16.3. The van der Waals surface area contributed by atoms with Gasteiger partial charge in [0, 0.05) is 28.8 Å². The Labute approximate surface area is 151 Å². The molecule has 1 fully saturated rings. The number of benzene rings is 3. The molecule has 3 heterocycles. The fraction of sp³-hybridized carbons (Fsp3) is 0.217. The number of nitrogens with zero attached hydrogens (tertiary/aromatic N) is 2. The zero-order valence-corrected chi connectivity index (χ0v) is 14.6. The minimum atomic E-state index is 0.135. The van der Waals surface area contributed by atoms with Crippen LogP contribution in [0.2, 0.25) is 0 Å². The second-order valence-corrected chi connectivity index (χ2v) is 7.96. The van der Waals surface area contributed by atoms with Gasteiger partial charge in [-0.2, -0.15) is 0 Å². The first-order valence-corrected chi connectivity index (χ1v) is 9.35. The van der Waals surface area contributed by atoms with Crippen molar-refractivity contribution in [1.82, 2.24) is 0 Å². The second kappa shape index (κ2) is 4.07. The Morgan fingerprint density at radius 2 is 1.77 bits per heavy atom. The molecule has 1 spiro atoms. The Morgan fingerprint density at radius 1 is 0.885 bits per heavy atom. The Balaban J connectivity index is 1.65. The fourth-order valence-corrected chi connectivity index (χ4v) is 5.31. The van der Waals surface area contributed by atoms with Gasteiger partial charge in [-0.3, -0.25) is 0 Å². The maximum absolute atomic E-state index is 6.44. The molecule has 1 saturated carbocycles. The van der Waals surface area contributed by atoms with Crippen LogP contribution in [0.5, 0.6) is 0 Å². The van der Waals surface area contributed by atoms with E-state index >= 15 is 0 Å². The quantitative estimate of drug-likeness (QED) is 0.420. The van der Waals surface area contributed by atoms with Crippen LogP contribution in [-0.4, -0.2) is 13.7 Å². The smallest absolute Gasteiger partial charge is 0.141 e. The van der Waals surface area contributed by atoms with Crippen molar-refractivity contribution in [3.8, 4) is 0 Å². The molecular formula is C23H18N2O. The van der Waals surface area contributed by atoms with E-state index in [4.69, 9.17) is 4.42 Å². The lowest BCUT2D eigenvalue weighted by Crippen LogP contribution is -2.29. The number of furan rings is 1. The van der Waals surface area contributed by atoms with Gasteiger partial charge in [0.1, 0.15) is 11.2 Å². The highest BCUT2D eigenvalue weighted by Crippen LogP contribution is 2.66. The third-order valence-corrected chi connectivity index (χ3v) is 6.61. The molecule has 3 nitrogen and oxygen atoms in total. The van der Waals surface area contributed by atoms with Crippen LogP contribution in [0.3, 0.4) is 0 Å². The van der Waals surface area contributed by atoms with Crippen LogP contribution in [0.15, 0.2) is 59.0 Å². The largest absolute Gasteiger partial charge is 0.456 e. The van der Waals surface area contributed by atoms with E-state index in [0.29, 0.717) is 0 Å². The van der Waals surface area contributed by atoms with Gasteiger partial charge >= 0.3 is 0 Å². The number of para-hydroxylation sites is 2. The zero-order chi connectivity index (χ0) is 17.0. The van der Waals surface area contributed by atoms with E-state index in [-0.39, 0.29) is 5.41 Å². The standard InChI is InChI=1S/C23H18N2O/c1-24-13-25-17-10-9-15-14-5-2-3-8-19(14)26-22(15)20(17)23(11-12-23)16-6-4-7-18(24)21(16)25/h2-10H,11-13H2,1H3. The molecule has 0 unspecified atom stereocenters. The number of hydrogen-bond donors (Lipinski definition) is 0. The summed E-state index contributed by atoms with van der Waals surface area (Å²) in [5.74, 6) is 0. The molecule has 0 radical (unpaired) electrons. The molecule has 0 N–H and O–H groups in total. The average Bonchev–Trinajstić information content (AvgIpc) is 3.26. The van der Waals surface area contributed by atoms with Gasteiger partial charge in [0.25, 0.3) is 0 Å². The van der Waals surface area contributed by atoms with Crippen molar-refractivity contribution in [2.24, 2.45) is 0 Å². The summed E-state index contributed by atoms with van der Waals surface area (Å²) < 4.78 is 6.44. The molecule has 126 valence electrons. The Kier molecular flexibility index (Phi) is 2.08. The molecule has 0 atom stereocenters. The van der Waals surface area contributed by atoms with Crippen molar-refractivity contribution in [1.29, 1.82) is 0 Å². The summed E-state index contributed by atoms with van der Waals surface area (Å²) in [5, 5.41) is 2.47. The van der Waals surface area contributed by atoms with Gasteiger partial charge in [-0.25, -0.2) is 0 Å². The van der Waals surface area contributed by atoms with Gasteiger partial charge in [-0.15, -0.1) is 0 Å². The third-order valence-electron chi connectivity index (χ3n) is 6.61. The number of rotatable bonds is 0. The van der Waals surface area contributed by atoms with E-state index in [1.165, 1.54) is 51.8 Å². The number of anilines is 3. The van der Waals surface area contributed by atoms with E-state index in [1.807, 2.05) is 0 Å². The van der Waals surface area contributed by atoms with Crippen molar-refractivity contribution in [3.05, 3.63) is 65.7 Å². The van der Waals surface area contributed by atoms with E-state index in [2.05, 4.69) is 71.4 Å². The summed E-state index contributed by atoms with van der Waals surface area (Å²) in [5.41, 5.74) is 9.20. The minimum absolute atomic E-state index is 0.135. The maximum Gasteiger partial charge on any atom is 0.141 e. The number of fused-ring (bicyclic) bond motifs is 8. The van der Waals surface area contributed by atoms with Gasteiger partial charge in [-0.05, 0) is 42.7 Å². The van der Waals surface area contributed by atoms with Gasteiger partial charge in [-0.1, -0.05) is 30.3 Å². The topological polar surface area (TPSA) is 19.6 Å². The number of hydrogen-bond acceptors (Lipinski definition) is 3. The van der Waals surface area contributed by atoms with Crippen LogP contribution >= 0.6 is 0 Å². The maximum atomic E-state index is 6.44. The summed E-state index contributed by atoms with van der Waals surface area (Å²) in [6.45, 7) is 0.904. The lowest BCUT2D eigenvalue weighted by molar-refractivity contribution is 0.653. The first-order valence-electron chi connectivity index (χ1n) is 9.35. The van der Waals surface area contributed by atoms with Crippen LogP contribution in [-0.2, 0) is 5.41 Å². The molecule has 7 rings (SSSR count). The van der Waals surface area contributed by atoms with Crippen molar-refractivity contribution >= 4 is 39.0 Å². The normalized spacial score (nSPS) is 18.7. The first-order chi connectivity index (χ1) is 12.8. The van der Waals surface area contributed by atoms with Crippen LogP contribution in [0, 0.1) is 0 Å². The first kappa shape index (κ1) is 13.3. The lowest BCUT2D eigenvalue weighted by Gasteiger charge is -2.34. The van der Waals surface area contributed by atoms with Crippen molar-refractivity contribution in [3.63, 3.8) is 0 Å². The summed E-state index contributed by atoms with van der Waals surface area (Å²) in [4.78, 5) is 4.84. The molecule has 0 saturated heterocycles. The predicted octanol–water partition coefficient (Wildman–Crippen LogP) is 5.52. The lowest BCUT2D eigenvalue weighted by atomic mass is 9.81. The van der Waals surface area contributed by atoms with Gasteiger partial charge in [0.05, 0.1) is 23.7 Å². The summed E-state index contributed by atoms with van der Waals surface area (Å²) >= 11 is 0. The second-order valence-electron chi connectivity index (χ2n) is 7.96. The Morgan fingerprint density at radius 3 is 2.65 bits per heavy atom. The Bertz CT molecular complexity index is 1250. The molecular weight excluding hydrogens is 320 g/mol. The predicted molar refractivity (Wildman–Crippen MR) is 106 cm³/mol.